The van der Waals surface area contributed by atoms with Gasteiger partial charge in [-0.25, -0.2) is 0 Å². The quantitative estimate of drug-likeness (QED) is 0.377. The minimum Gasteiger partial charge on any atom is -0.454 e. The molecule has 1 unspecified atom stereocenters. The lowest BCUT2D eigenvalue weighted by Gasteiger charge is -2.40. The number of rotatable bonds is 9. The molecule has 1 aromatic carbocycles. The Morgan fingerprint density at radius 3 is 2.39 bits per heavy atom. The first-order valence-electron chi connectivity index (χ1n) is 11.9. The van der Waals surface area contributed by atoms with Crippen LogP contribution < -0.4 is 14.8 Å². The number of nitrogens with zero attached hydrogens (tertiary/aromatic N) is 1. The summed E-state index contributed by atoms with van der Waals surface area (Å²) in [6.07, 6.45) is 4.54. The van der Waals surface area contributed by atoms with Gasteiger partial charge >= 0.3 is 0 Å². The second-order valence-corrected chi connectivity index (χ2v) is 11.6. The maximum absolute atomic E-state index is 5.54. The highest BCUT2D eigenvalue weighted by atomic mass is 32.1. The highest BCUT2D eigenvalue weighted by Gasteiger charge is 2.37. The lowest BCUT2D eigenvalue weighted by atomic mass is 9.73. The first kappa shape index (κ1) is 27.1. The van der Waals surface area contributed by atoms with Gasteiger partial charge in [0.2, 0.25) is 6.79 Å². The SMILES string of the molecule is C=CNCC(C)(C)CC(S)(Cc1cccc(-c2ccc3c(c2)OCO3)n1)CC(C)(C)C.CC. The zero-order valence-electron chi connectivity index (χ0n) is 21.5. The van der Waals surface area contributed by atoms with Gasteiger partial charge in [0.1, 0.15) is 0 Å². The van der Waals surface area contributed by atoms with Crippen molar-refractivity contribution in [2.24, 2.45) is 10.8 Å². The van der Waals surface area contributed by atoms with E-state index in [2.05, 4.69) is 58.6 Å². The number of ether oxygens (including phenoxy) is 2. The van der Waals surface area contributed by atoms with Gasteiger partial charge in [0.15, 0.2) is 11.5 Å². The number of pyridine rings is 1. The van der Waals surface area contributed by atoms with Crippen LogP contribution in [-0.4, -0.2) is 23.1 Å². The topological polar surface area (TPSA) is 43.4 Å². The van der Waals surface area contributed by atoms with E-state index in [-0.39, 0.29) is 22.4 Å². The van der Waals surface area contributed by atoms with Crippen LogP contribution >= 0.6 is 12.6 Å². The zero-order valence-corrected chi connectivity index (χ0v) is 22.4. The van der Waals surface area contributed by atoms with E-state index in [9.17, 15) is 0 Å². The number of benzene rings is 1. The Morgan fingerprint density at radius 2 is 1.73 bits per heavy atom. The van der Waals surface area contributed by atoms with E-state index in [0.717, 1.165) is 54.3 Å². The summed E-state index contributed by atoms with van der Waals surface area (Å²) < 4.78 is 10.8. The van der Waals surface area contributed by atoms with Crippen LogP contribution in [-0.2, 0) is 6.42 Å². The molecule has 0 amide bonds. The van der Waals surface area contributed by atoms with Gasteiger partial charge in [0.05, 0.1) is 5.69 Å². The minimum absolute atomic E-state index is 0.0795. The van der Waals surface area contributed by atoms with Crippen molar-refractivity contribution >= 4 is 12.6 Å². The van der Waals surface area contributed by atoms with Crippen molar-refractivity contribution in [2.75, 3.05) is 13.3 Å². The van der Waals surface area contributed by atoms with Crippen LogP contribution in [0.2, 0.25) is 0 Å². The first-order chi connectivity index (χ1) is 15.5. The normalized spacial score (nSPS) is 14.7. The van der Waals surface area contributed by atoms with Crippen molar-refractivity contribution in [3.63, 3.8) is 0 Å². The van der Waals surface area contributed by atoms with E-state index < -0.39 is 0 Å². The number of hydrogen-bond acceptors (Lipinski definition) is 5. The Hall–Kier alpha value is -2.14. The Morgan fingerprint density at radius 1 is 1.03 bits per heavy atom. The number of aromatic nitrogens is 1. The molecule has 1 aliphatic heterocycles. The highest BCUT2D eigenvalue weighted by molar-refractivity contribution is 7.81. The van der Waals surface area contributed by atoms with E-state index in [4.69, 9.17) is 27.1 Å². The third-order valence-corrected chi connectivity index (χ3v) is 5.85. The first-order valence-corrected chi connectivity index (χ1v) is 12.4. The van der Waals surface area contributed by atoms with E-state index in [0.29, 0.717) is 0 Å². The molecule has 3 rings (SSSR count). The molecule has 1 aliphatic rings. The maximum Gasteiger partial charge on any atom is 0.231 e. The second-order valence-electron chi connectivity index (χ2n) is 10.6. The largest absolute Gasteiger partial charge is 0.454 e. The van der Waals surface area contributed by atoms with Gasteiger partial charge < -0.3 is 14.8 Å². The highest BCUT2D eigenvalue weighted by Crippen LogP contribution is 2.42. The lowest BCUT2D eigenvalue weighted by Crippen LogP contribution is -2.39. The van der Waals surface area contributed by atoms with Crippen LogP contribution in [0.1, 0.15) is 67.0 Å². The Balaban J connectivity index is 0.00000187. The van der Waals surface area contributed by atoms with Crippen molar-refractivity contribution in [1.82, 2.24) is 10.3 Å². The monoisotopic (exact) mass is 470 g/mol. The molecule has 2 heterocycles. The van der Waals surface area contributed by atoms with Crippen molar-refractivity contribution in [2.45, 2.75) is 72.5 Å². The summed E-state index contributed by atoms with van der Waals surface area (Å²) in [6, 6.07) is 12.2. The molecule has 5 heteroatoms. The fraction of sp³-hybridized carbons (Fsp3) is 0.536. The smallest absolute Gasteiger partial charge is 0.231 e. The average Bonchev–Trinajstić information content (AvgIpc) is 3.19. The second kappa shape index (κ2) is 11.3. The number of hydrogen-bond donors (Lipinski definition) is 2. The molecule has 0 spiro atoms. The van der Waals surface area contributed by atoms with Gasteiger partial charge in [-0.2, -0.15) is 12.6 Å². The number of thiol groups is 1. The summed E-state index contributed by atoms with van der Waals surface area (Å²) in [5, 5.41) is 3.28. The molecule has 33 heavy (non-hydrogen) atoms. The van der Waals surface area contributed by atoms with Crippen molar-refractivity contribution in [3.8, 4) is 22.8 Å². The molecule has 0 saturated heterocycles. The van der Waals surface area contributed by atoms with Crippen molar-refractivity contribution in [1.29, 1.82) is 0 Å². The average molecular weight is 471 g/mol. The summed E-state index contributed by atoms with van der Waals surface area (Å²) in [7, 11) is 0. The summed E-state index contributed by atoms with van der Waals surface area (Å²) in [5.41, 5.74) is 3.27. The van der Waals surface area contributed by atoms with Crippen LogP contribution in [0.15, 0.2) is 49.2 Å². The fourth-order valence-electron chi connectivity index (χ4n) is 4.61. The molecular weight excluding hydrogens is 428 g/mol. The molecule has 1 aromatic heterocycles. The van der Waals surface area contributed by atoms with E-state index in [1.807, 2.05) is 38.1 Å². The van der Waals surface area contributed by atoms with Crippen LogP contribution in [0.25, 0.3) is 11.3 Å². The van der Waals surface area contributed by atoms with Crippen LogP contribution in [0.5, 0.6) is 11.5 Å². The Bertz CT molecular complexity index is 920. The number of nitrogens with one attached hydrogen (secondary N) is 1. The summed E-state index contributed by atoms with van der Waals surface area (Å²) in [4.78, 5) is 5.00. The standard InChI is InChI=1S/C26H36N2O2S.C2H6/c1-7-27-17-25(5,6)16-26(31,15-24(2,3)4)14-20-9-8-10-21(28-20)19-11-12-22-23(13-19)30-18-29-22;1-2/h7-13,27,31H,1,14-18H2,2-6H3;1-2H3. The molecule has 0 bridgehead atoms. The number of fused-ring (bicyclic) bond motifs is 1. The van der Waals surface area contributed by atoms with E-state index in [1.54, 1.807) is 6.20 Å². The van der Waals surface area contributed by atoms with Gasteiger partial charge in [0.25, 0.3) is 0 Å². The minimum atomic E-state index is -0.175. The molecule has 1 N–H and O–H groups in total. The molecule has 2 aromatic rings. The lowest BCUT2D eigenvalue weighted by molar-refractivity contribution is 0.174. The molecular formula is C28H42N2O2S. The third-order valence-electron chi connectivity index (χ3n) is 5.38. The predicted octanol–water partition coefficient (Wildman–Crippen LogP) is 7.30. The van der Waals surface area contributed by atoms with E-state index >= 15 is 0 Å². The van der Waals surface area contributed by atoms with Gasteiger partial charge in [-0.3, -0.25) is 4.98 Å². The molecule has 0 aliphatic carbocycles. The van der Waals surface area contributed by atoms with Crippen molar-refractivity contribution in [3.05, 3.63) is 54.9 Å². The van der Waals surface area contributed by atoms with Gasteiger partial charge in [-0.05, 0) is 60.2 Å². The molecule has 182 valence electrons. The Labute approximate surface area is 206 Å². The zero-order chi connectivity index (χ0) is 24.7. The van der Waals surface area contributed by atoms with Crippen LogP contribution in [0, 0.1) is 10.8 Å². The van der Waals surface area contributed by atoms with E-state index in [1.165, 1.54) is 0 Å². The Kier molecular flexibility index (Phi) is 9.30. The molecule has 4 nitrogen and oxygen atoms in total. The maximum atomic E-state index is 5.54. The van der Waals surface area contributed by atoms with Crippen LogP contribution in [0.3, 0.4) is 0 Å². The van der Waals surface area contributed by atoms with Crippen LogP contribution in [0.4, 0.5) is 0 Å². The fourth-order valence-corrected chi connectivity index (χ4v) is 5.67. The van der Waals surface area contributed by atoms with Crippen molar-refractivity contribution < 1.29 is 9.47 Å². The summed E-state index contributed by atoms with van der Waals surface area (Å²) in [5.74, 6) is 1.56. The van der Waals surface area contributed by atoms with Gasteiger partial charge in [0, 0.05) is 29.0 Å². The molecule has 0 radical (unpaired) electrons. The molecule has 1 atom stereocenters. The summed E-state index contributed by atoms with van der Waals surface area (Å²) in [6.45, 7) is 20.3. The van der Waals surface area contributed by atoms with Gasteiger partial charge in [-0.1, -0.05) is 61.1 Å². The third kappa shape index (κ3) is 8.29. The molecule has 0 fully saturated rings. The predicted molar refractivity (Wildman–Crippen MR) is 143 cm³/mol. The molecule has 0 saturated carbocycles. The van der Waals surface area contributed by atoms with Gasteiger partial charge in [-0.15, -0.1) is 0 Å². The summed E-state index contributed by atoms with van der Waals surface area (Å²) >= 11 is 5.28.